The van der Waals surface area contributed by atoms with Gasteiger partial charge in [-0.25, -0.2) is 8.42 Å². The monoisotopic (exact) mass is 315 g/mol. The first-order chi connectivity index (χ1) is 9.45. The number of rotatable bonds is 4. The van der Waals surface area contributed by atoms with Gasteiger partial charge < -0.3 is 5.73 Å². The molecule has 1 aliphatic heterocycles. The van der Waals surface area contributed by atoms with Crippen molar-refractivity contribution < 1.29 is 8.42 Å². The molecule has 112 valence electrons. The van der Waals surface area contributed by atoms with Crippen LogP contribution in [-0.2, 0) is 9.84 Å². The number of aromatic nitrogens is 1. The van der Waals surface area contributed by atoms with Crippen molar-refractivity contribution in [2.45, 2.75) is 18.3 Å². The summed E-state index contributed by atoms with van der Waals surface area (Å²) in [5.41, 5.74) is 8.06. The van der Waals surface area contributed by atoms with Gasteiger partial charge in [0.05, 0.1) is 6.04 Å². The lowest BCUT2D eigenvalue weighted by molar-refractivity contribution is 0.197. The van der Waals surface area contributed by atoms with Crippen molar-refractivity contribution in [2.24, 2.45) is 5.73 Å². The van der Waals surface area contributed by atoms with Crippen LogP contribution in [-0.4, -0.2) is 54.5 Å². The van der Waals surface area contributed by atoms with Crippen LogP contribution in [0.1, 0.15) is 17.2 Å². The van der Waals surface area contributed by atoms with Crippen LogP contribution < -0.4 is 5.73 Å². The molecular weight excluding hydrogens is 294 g/mol. The van der Waals surface area contributed by atoms with Gasteiger partial charge in [0.25, 0.3) is 0 Å². The van der Waals surface area contributed by atoms with Gasteiger partial charge in [-0.15, -0.1) is 0 Å². The molecule has 1 saturated heterocycles. The van der Waals surface area contributed by atoms with Crippen molar-refractivity contribution in [1.29, 1.82) is 0 Å². The molecule has 0 saturated carbocycles. The van der Waals surface area contributed by atoms with E-state index in [2.05, 4.69) is 4.98 Å². The molecule has 7 heteroatoms. The second-order valence-corrected chi connectivity index (χ2v) is 8.43. The first kappa shape index (κ1) is 15.8. The highest BCUT2D eigenvalue weighted by Crippen LogP contribution is 2.30. The van der Waals surface area contributed by atoms with Crippen LogP contribution in [0.3, 0.4) is 0 Å². The first-order valence-corrected chi connectivity index (χ1v) is 9.69. The quantitative estimate of drug-likeness (QED) is 0.886. The molecule has 0 bridgehead atoms. The maximum Gasteiger partial charge on any atom is 0.164 e. The summed E-state index contributed by atoms with van der Waals surface area (Å²) in [6, 6.07) is 1.84. The second-order valence-electron chi connectivity index (χ2n) is 5.08. The predicted octanol–water partition coefficient (Wildman–Crippen LogP) is 0.809. The Morgan fingerprint density at radius 2 is 2.35 bits per heavy atom. The third kappa shape index (κ3) is 3.33. The van der Waals surface area contributed by atoms with Crippen molar-refractivity contribution in [3.05, 3.63) is 29.6 Å². The highest BCUT2D eigenvalue weighted by molar-refractivity contribution is 8.00. The number of sulfone groups is 1. The van der Waals surface area contributed by atoms with Crippen molar-refractivity contribution in [3.8, 4) is 0 Å². The zero-order valence-electron chi connectivity index (χ0n) is 11.8. The topological polar surface area (TPSA) is 76.3 Å². The van der Waals surface area contributed by atoms with Gasteiger partial charge >= 0.3 is 0 Å². The van der Waals surface area contributed by atoms with Gasteiger partial charge in [0, 0.05) is 43.2 Å². The maximum atomic E-state index is 12.0. The van der Waals surface area contributed by atoms with E-state index in [1.54, 1.807) is 24.2 Å². The minimum Gasteiger partial charge on any atom is -0.329 e. The third-order valence-corrected chi connectivity index (χ3v) is 6.34. The lowest BCUT2D eigenvalue weighted by atomic mass is 10.0. The van der Waals surface area contributed by atoms with E-state index in [-0.39, 0.29) is 6.04 Å². The summed E-state index contributed by atoms with van der Waals surface area (Å²) >= 11 is 1.68. The number of pyridine rings is 1. The molecule has 2 heterocycles. The smallest absolute Gasteiger partial charge is 0.164 e. The van der Waals surface area contributed by atoms with Gasteiger partial charge in [0.1, 0.15) is 5.37 Å². The average Bonchev–Trinajstić information content (AvgIpc) is 2.41. The summed E-state index contributed by atoms with van der Waals surface area (Å²) in [4.78, 5) is 6.18. The summed E-state index contributed by atoms with van der Waals surface area (Å²) in [7, 11) is -3.12. The molecule has 0 spiro atoms. The van der Waals surface area contributed by atoms with Crippen LogP contribution in [0.4, 0.5) is 0 Å². The number of nitrogens with zero attached hydrogens (tertiary/aromatic N) is 2. The van der Waals surface area contributed by atoms with Crippen LogP contribution in [0.25, 0.3) is 0 Å². The van der Waals surface area contributed by atoms with E-state index in [9.17, 15) is 8.42 Å². The predicted molar refractivity (Wildman–Crippen MR) is 83.4 cm³/mol. The van der Waals surface area contributed by atoms with E-state index >= 15 is 0 Å². The van der Waals surface area contributed by atoms with Crippen LogP contribution in [0.5, 0.6) is 0 Å². The number of hydrogen-bond donors (Lipinski definition) is 1. The summed E-state index contributed by atoms with van der Waals surface area (Å²) in [5, 5.41) is -0.464. The molecule has 1 aromatic heterocycles. The Hall–Kier alpha value is -0.630. The summed E-state index contributed by atoms with van der Waals surface area (Å²) in [6.07, 6.45) is 4.85. The average molecular weight is 315 g/mol. The number of nitrogens with two attached hydrogens (primary N) is 1. The normalized spacial score (nSPS) is 22.6. The third-order valence-electron chi connectivity index (χ3n) is 3.68. The van der Waals surface area contributed by atoms with E-state index in [4.69, 9.17) is 5.73 Å². The molecule has 0 aromatic carbocycles. The Morgan fingerprint density at radius 3 is 2.95 bits per heavy atom. The molecule has 0 amide bonds. The summed E-state index contributed by atoms with van der Waals surface area (Å²) < 4.78 is 24.0. The zero-order valence-corrected chi connectivity index (χ0v) is 13.5. The van der Waals surface area contributed by atoms with Gasteiger partial charge in [-0.2, -0.15) is 11.8 Å². The molecule has 1 fully saturated rings. The van der Waals surface area contributed by atoms with Crippen molar-refractivity contribution >= 4 is 21.6 Å². The molecule has 0 radical (unpaired) electrons. The molecule has 2 unspecified atom stereocenters. The van der Waals surface area contributed by atoms with Gasteiger partial charge in [-0.1, -0.05) is 0 Å². The fraction of sp³-hybridized carbons (Fsp3) is 0.615. The lowest BCUT2D eigenvalue weighted by Gasteiger charge is -2.39. The molecule has 0 aliphatic carbocycles. The van der Waals surface area contributed by atoms with E-state index in [0.717, 1.165) is 23.4 Å². The zero-order chi connectivity index (χ0) is 14.8. The standard InChI is InChI=1S/C13H21N3O2S2/c1-10-3-4-15-8-11(10)12(7-14)16-5-6-19-9-13(16)20(2,17)18/h3-4,8,12-13H,5-7,9,14H2,1-2H3. The van der Waals surface area contributed by atoms with Gasteiger partial charge in [-0.3, -0.25) is 9.88 Å². The second kappa shape index (κ2) is 6.43. The van der Waals surface area contributed by atoms with E-state index < -0.39 is 15.2 Å². The molecule has 5 nitrogen and oxygen atoms in total. The van der Waals surface area contributed by atoms with Crippen molar-refractivity contribution in [1.82, 2.24) is 9.88 Å². The first-order valence-electron chi connectivity index (χ1n) is 6.58. The number of hydrogen-bond acceptors (Lipinski definition) is 6. The van der Waals surface area contributed by atoms with Crippen LogP contribution in [0, 0.1) is 6.92 Å². The SMILES string of the molecule is Cc1ccncc1C(CN)N1CCSCC1S(C)(=O)=O. The molecule has 2 N–H and O–H groups in total. The van der Waals surface area contributed by atoms with E-state index in [0.29, 0.717) is 12.3 Å². The van der Waals surface area contributed by atoms with Gasteiger partial charge in [0.15, 0.2) is 9.84 Å². The molecule has 2 atom stereocenters. The Labute approximate surface area is 124 Å². The molecule has 1 aromatic rings. The maximum absolute atomic E-state index is 12.0. The fourth-order valence-corrected chi connectivity index (χ4v) is 5.51. The van der Waals surface area contributed by atoms with E-state index in [1.165, 1.54) is 6.26 Å². The number of thioether (sulfide) groups is 1. The molecule has 1 aliphatic rings. The van der Waals surface area contributed by atoms with Crippen molar-refractivity contribution in [3.63, 3.8) is 0 Å². The van der Waals surface area contributed by atoms with Gasteiger partial charge in [-0.05, 0) is 24.1 Å². The fourth-order valence-electron chi connectivity index (χ4n) is 2.59. The van der Waals surface area contributed by atoms with Gasteiger partial charge in [0.2, 0.25) is 0 Å². The number of aryl methyl sites for hydroxylation is 1. The highest BCUT2D eigenvalue weighted by Gasteiger charge is 2.36. The largest absolute Gasteiger partial charge is 0.329 e. The van der Waals surface area contributed by atoms with Crippen molar-refractivity contribution in [2.75, 3.05) is 30.9 Å². The molecular formula is C13H21N3O2S2. The minimum atomic E-state index is -3.12. The Balaban J connectivity index is 2.37. The van der Waals surface area contributed by atoms with Crippen LogP contribution >= 0.6 is 11.8 Å². The Morgan fingerprint density at radius 1 is 1.60 bits per heavy atom. The Kier molecular flexibility index (Phi) is 5.06. The minimum absolute atomic E-state index is 0.0932. The lowest BCUT2D eigenvalue weighted by Crippen LogP contribution is -2.50. The Bertz CT molecular complexity index is 562. The van der Waals surface area contributed by atoms with Crippen LogP contribution in [0.2, 0.25) is 0 Å². The van der Waals surface area contributed by atoms with Crippen LogP contribution in [0.15, 0.2) is 18.5 Å². The highest BCUT2D eigenvalue weighted by atomic mass is 32.2. The molecule has 20 heavy (non-hydrogen) atoms. The summed E-state index contributed by atoms with van der Waals surface area (Å²) in [5.74, 6) is 1.54. The van der Waals surface area contributed by atoms with E-state index in [1.807, 2.05) is 17.9 Å². The summed E-state index contributed by atoms with van der Waals surface area (Å²) in [6.45, 7) is 3.13. The molecule has 2 rings (SSSR count).